The van der Waals surface area contributed by atoms with Gasteiger partial charge in [-0.2, -0.15) is 0 Å². The van der Waals surface area contributed by atoms with Crippen molar-refractivity contribution in [3.8, 4) is 0 Å². The molecule has 0 atom stereocenters. The summed E-state index contributed by atoms with van der Waals surface area (Å²) in [5, 5.41) is 3.34. The molecule has 19 heavy (non-hydrogen) atoms. The summed E-state index contributed by atoms with van der Waals surface area (Å²) in [5.74, 6) is 0.760. The van der Waals surface area contributed by atoms with Gasteiger partial charge in [0.1, 0.15) is 12.0 Å². The monoisotopic (exact) mass is 301 g/mol. The van der Waals surface area contributed by atoms with Crippen LogP contribution in [0.5, 0.6) is 0 Å². The van der Waals surface area contributed by atoms with Crippen molar-refractivity contribution < 1.29 is 9.21 Å². The molecule has 0 aliphatic heterocycles. The number of rotatable bonds is 4. The highest BCUT2D eigenvalue weighted by Gasteiger charge is 2.12. The minimum atomic E-state index is -0.233. The van der Waals surface area contributed by atoms with E-state index < -0.39 is 0 Å². The molecule has 0 aliphatic rings. The van der Waals surface area contributed by atoms with Crippen LogP contribution in [0.25, 0.3) is 0 Å². The van der Waals surface area contributed by atoms with Crippen molar-refractivity contribution in [1.82, 2.24) is 4.98 Å². The fourth-order valence-electron chi connectivity index (χ4n) is 1.39. The van der Waals surface area contributed by atoms with E-state index in [0.29, 0.717) is 22.4 Å². The molecule has 0 saturated heterocycles. The molecule has 2 aromatic rings. The minimum Gasteiger partial charge on any atom is -0.467 e. The highest BCUT2D eigenvalue weighted by atomic mass is 35.5. The highest BCUT2D eigenvalue weighted by molar-refractivity contribution is 7.15. The molecule has 0 unspecified atom stereocenters. The Morgan fingerprint density at radius 3 is 2.84 bits per heavy atom. The van der Waals surface area contributed by atoms with Crippen LogP contribution in [0.4, 0.5) is 5.13 Å². The average Bonchev–Trinajstić information content (AvgIpc) is 2.96. The molecule has 0 fully saturated rings. The highest BCUT2D eigenvalue weighted by Crippen LogP contribution is 2.25. The number of thiazole rings is 1. The fourth-order valence-corrected chi connectivity index (χ4v) is 2.20. The number of hydrogen-bond acceptors (Lipinski definition) is 5. The predicted molar refractivity (Wildman–Crippen MR) is 78.0 cm³/mol. The Morgan fingerprint density at radius 2 is 2.32 bits per heavy atom. The van der Waals surface area contributed by atoms with Crippen molar-refractivity contribution in [3.05, 3.63) is 34.7 Å². The largest absolute Gasteiger partial charge is 0.467 e. The molecule has 2 heterocycles. The molecule has 0 spiro atoms. The Kier molecular flexibility index (Phi) is 5.53. The van der Waals surface area contributed by atoms with Gasteiger partial charge in [0, 0.05) is 11.1 Å². The van der Waals surface area contributed by atoms with Gasteiger partial charge in [-0.15, -0.1) is 23.7 Å². The van der Waals surface area contributed by atoms with Crippen molar-refractivity contribution in [2.75, 3.05) is 5.32 Å². The van der Waals surface area contributed by atoms with E-state index in [9.17, 15) is 4.79 Å². The topological polar surface area (TPSA) is 81.2 Å². The molecule has 5 nitrogen and oxygen atoms in total. The normalized spacial score (nSPS) is 10.3. The molecule has 0 bridgehead atoms. The van der Waals surface area contributed by atoms with Crippen LogP contribution >= 0.6 is 23.7 Å². The van der Waals surface area contributed by atoms with Gasteiger partial charge in [-0.3, -0.25) is 10.1 Å². The molecule has 104 valence electrons. The first kappa shape index (κ1) is 15.7. The smallest absolute Gasteiger partial charge is 0.260 e. The van der Waals surface area contributed by atoms with Crippen LogP contribution in [-0.2, 0) is 6.54 Å². The van der Waals surface area contributed by atoms with Crippen LogP contribution in [0.1, 0.15) is 40.8 Å². The van der Waals surface area contributed by atoms with Gasteiger partial charge < -0.3 is 10.2 Å². The van der Waals surface area contributed by atoms with Crippen LogP contribution in [0.3, 0.4) is 0 Å². The number of furan rings is 1. The number of nitrogens with zero attached hydrogens (tertiary/aromatic N) is 1. The van der Waals surface area contributed by atoms with Gasteiger partial charge in [0.15, 0.2) is 5.13 Å². The lowest BCUT2D eigenvalue weighted by molar-refractivity contribution is 0.102. The van der Waals surface area contributed by atoms with Crippen LogP contribution in [0, 0.1) is 0 Å². The third-order valence-electron chi connectivity index (χ3n) is 2.43. The van der Waals surface area contributed by atoms with Crippen molar-refractivity contribution >= 4 is 34.8 Å². The fraction of sp³-hybridized carbons (Fsp3) is 0.333. The summed E-state index contributed by atoms with van der Waals surface area (Å²) < 4.78 is 5.11. The van der Waals surface area contributed by atoms with Gasteiger partial charge in [0.05, 0.1) is 12.1 Å². The van der Waals surface area contributed by atoms with Crippen molar-refractivity contribution in [2.45, 2.75) is 26.3 Å². The van der Waals surface area contributed by atoms with E-state index >= 15 is 0 Å². The number of carbonyl (C=O) groups is 1. The van der Waals surface area contributed by atoms with Crippen LogP contribution in [-0.4, -0.2) is 10.9 Å². The molecule has 0 aromatic carbocycles. The maximum Gasteiger partial charge on any atom is 0.260 e. The minimum absolute atomic E-state index is 0. The molecule has 2 rings (SSSR count). The number of carbonyl (C=O) groups excluding carboxylic acids is 1. The lowest BCUT2D eigenvalue weighted by Gasteiger charge is -1.98. The third kappa shape index (κ3) is 3.79. The molecule has 0 radical (unpaired) electrons. The van der Waals surface area contributed by atoms with Crippen LogP contribution < -0.4 is 11.1 Å². The Morgan fingerprint density at radius 1 is 1.58 bits per heavy atom. The van der Waals surface area contributed by atoms with Gasteiger partial charge in [0.2, 0.25) is 0 Å². The summed E-state index contributed by atoms with van der Waals surface area (Å²) in [6.45, 7) is 4.45. The zero-order valence-electron chi connectivity index (χ0n) is 10.7. The Bertz CT molecular complexity index is 551. The van der Waals surface area contributed by atoms with E-state index in [1.807, 2.05) is 0 Å². The Hall–Kier alpha value is -1.37. The van der Waals surface area contributed by atoms with Crippen LogP contribution in [0.2, 0.25) is 0 Å². The first-order valence-corrected chi connectivity index (χ1v) is 6.46. The number of amides is 1. The number of nitrogens with two attached hydrogens (primary N) is 1. The number of anilines is 1. The van der Waals surface area contributed by atoms with E-state index in [1.54, 1.807) is 12.3 Å². The van der Waals surface area contributed by atoms with E-state index in [2.05, 4.69) is 24.1 Å². The van der Waals surface area contributed by atoms with E-state index in [4.69, 9.17) is 10.2 Å². The standard InChI is InChI=1S/C12H15N3O2S.ClH/c1-7(2)10-5-14-12(18-10)15-11(16)8-3-9(4-13)17-6-8;/h3,5-7H,4,13H2,1-2H3,(H,14,15,16);1H. The van der Waals surface area contributed by atoms with E-state index in [1.165, 1.54) is 17.6 Å². The third-order valence-corrected chi connectivity index (χ3v) is 3.64. The molecule has 0 saturated carbocycles. The molecule has 2 aromatic heterocycles. The van der Waals surface area contributed by atoms with E-state index in [-0.39, 0.29) is 24.9 Å². The quantitative estimate of drug-likeness (QED) is 0.909. The van der Waals surface area contributed by atoms with Gasteiger partial charge in [0.25, 0.3) is 5.91 Å². The summed E-state index contributed by atoms with van der Waals surface area (Å²) in [7, 11) is 0. The maximum atomic E-state index is 11.9. The molecule has 0 aliphatic carbocycles. The summed E-state index contributed by atoms with van der Waals surface area (Å²) in [4.78, 5) is 17.2. The first-order valence-electron chi connectivity index (χ1n) is 5.64. The SMILES string of the molecule is CC(C)c1cnc(NC(=O)c2coc(CN)c2)s1.Cl. The number of nitrogens with one attached hydrogen (secondary N) is 1. The Balaban J connectivity index is 0.00000180. The zero-order valence-corrected chi connectivity index (χ0v) is 12.3. The summed E-state index contributed by atoms with van der Waals surface area (Å²) in [6, 6.07) is 1.63. The second-order valence-corrected chi connectivity index (χ2v) is 5.24. The number of halogens is 1. The van der Waals surface area contributed by atoms with E-state index in [0.717, 1.165) is 4.88 Å². The molecule has 1 amide bonds. The summed E-state index contributed by atoms with van der Waals surface area (Å²) >= 11 is 1.48. The number of aromatic nitrogens is 1. The maximum absolute atomic E-state index is 11.9. The zero-order chi connectivity index (χ0) is 13.1. The van der Waals surface area contributed by atoms with Crippen LogP contribution in [0.15, 0.2) is 22.9 Å². The summed E-state index contributed by atoms with van der Waals surface area (Å²) in [5.41, 5.74) is 5.87. The lowest BCUT2D eigenvalue weighted by atomic mass is 10.2. The van der Waals surface area contributed by atoms with Gasteiger partial charge in [-0.05, 0) is 12.0 Å². The second-order valence-electron chi connectivity index (χ2n) is 4.18. The van der Waals surface area contributed by atoms with Gasteiger partial charge >= 0.3 is 0 Å². The lowest BCUT2D eigenvalue weighted by Crippen LogP contribution is -2.10. The first-order chi connectivity index (χ1) is 8.60. The van der Waals surface area contributed by atoms with Crippen molar-refractivity contribution in [2.24, 2.45) is 5.73 Å². The molecular formula is C12H16ClN3O2S. The molecule has 3 N–H and O–H groups in total. The average molecular weight is 302 g/mol. The summed E-state index contributed by atoms with van der Waals surface area (Å²) in [6.07, 6.45) is 3.18. The predicted octanol–water partition coefficient (Wildman–Crippen LogP) is 2.99. The van der Waals surface area contributed by atoms with Crippen molar-refractivity contribution in [1.29, 1.82) is 0 Å². The van der Waals surface area contributed by atoms with Gasteiger partial charge in [-0.25, -0.2) is 4.98 Å². The number of hydrogen-bond donors (Lipinski definition) is 2. The Labute approximate surface area is 121 Å². The van der Waals surface area contributed by atoms with Gasteiger partial charge in [-0.1, -0.05) is 13.8 Å². The second kappa shape index (κ2) is 6.70. The molecule has 7 heteroatoms. The molecular weight excluding hydrogens is 286 g/mol. The van der Waals surface area contributed by atoms with Crippen molar-refractivity contribution in [3.63, 3.8) is 0 Å².